The maximum Gasteiger partial charge on any atom is 0.133 e. The first kappa shape index (κ1) is 13.5. The van der Waals surface area contributed by atoms with Crippen LogP contribution in [0, 0.1) is 0 Å². The molecule has 0 heterocycles. The van der Waals surface area contributed by atoms with Crippen LogP contribution >= 0.6 is 0 Å². The van der Waals surface area contributed by atoms with Crippen molar-refractivity contribution in [1.82, 2.24) is 0 Å². The highest BCUT2D eigenvalue weighted by molar-refractivity contribution is 5.78. The molecule has 1 rings (SSSR count). The first-order chi connectivity index (χ1) is 7.79. The van der Waals surface area contributed by atoms with Gasteiger partial charge in [-0.15, -0.1) is 0 Å². The normalized spacial score (nSPS) is 25.6. The van der Waals surface area contributed by atoms with Gasteiger partial charge >= 0.3 is 0 Å². The predicted molar refractivity (Wildman–Crippen MR) is 69.6 cm³/mol. The minimum Gasteiger partial charge on any atom is -0.300 e. The van der Waals surface area contributed by atoms with Gasteiger partial charge in [-0.2, -0.15) is 0 Å². The summed E-state index contributed by atoms with van der Waals surface area (Å²) in [5.74, 6) is 0.463. The van der Waals surface area contributed by atoms with Crippen molar-refractivity contribution < 1.29 is 4.79 Å². The quantitative estimate of drug-likeness (QED) is 0.538. The highest BCUT2D eigenvalue weighted by Gasteiger charge is 2.03. The van der Waals surface area contributed by atoms with Gasteiger partial charge in [-0.1, -0.05) is 43.8 Å². The molecule has 0 fully saturated rings. The first-order valence-electron chi connectivity index (χ1n) is 6.96. The fourth-order valence-corrected chi connectivity index (χ4v) is 2.26. The van der Waals surface area contributed by atoms with Crippen LogP contribution < -0.4 is 0 Å². The van der Waals surface area contributed by atoms with Crippen LogP contribution in [-0.4, -0.2) is 5.78 Å². The summed E-state index contributed by atoms with van der Waals surface area (Å²) in [6.07, 6.45) is 15.2. The van der Waals surface area contributed by atoms with Crippen molar-refractivity contribution in [3.8, 4) is 0 Å². The van der Waals surface area contributed by atoms with Crippen molar-refractivity contribution >= 4 is 5.78 Å². The molecule has 1 nitrogen and oxygen atoms in total. The van der Waals surface area contributed by atoms with Gasteiger partial charge in [0.15, 0.2) is 0 Å². The predicted octanol–water partition coefficient (Wildman–Crippen LogP) is 4.81. The molecule has 0 bridgehead atoms. The van der Waals surface area contributed by atoms with E-state index < -0.39 is 0 Å². The van der Waals surface area contributed by atoms with Gasteiger partial charge in [0.2, 0.25) is 0 Å². The topological polar surface area (TPSA) is 17.1 Å². The van der Waals surface area contributed by atoms with Crippen LogP contribution in [-0.2, 0) is 4.79 Å². The Kier molecular flexibility index (Phi) is 7.20. The lowest BCUT2D eigenvalue weighted by Crippen LogP contribution is -1.98. The monoisotopic (exact) mass is 222 g/mol. The van der Waals surface area contributed by atoms with Crippen LogP contribution in [0.5, 0.6) is 0 Å². The fraction of sp³-hybridized carbons (Fsp3) is 0.800. The second-order valence-electron chi connectivity index (χ2n) is 5.10. The van der Waals surface area contributed by atoms with Crippen LogP contribution in [0.3, 0.4) is 0 Å². The van der Waals surface area contributed by atoms with E-state index in [-0.39, 0.29) is 0 Å². The second kappa shape index (κ2) is 8.55. The molecule has 0 aromatic carbocycles. The zero-order valence-corrected chi connectivity index (χ0v) is 10.8. The summed E-state index contributed by atoms with van der Waals surface area (Å²) in [7, 11) is 0. The number of carbonyl (C=O) groups excluding carboxylic acids is 1. The summed E-state index contributed by atoms with van der Waals surface area (Å²) in [5.41, 5.74) is 1.41. The first-order valence-corrected chi connectivity index (χ1v) is 6.96. The third-order valence-corrected chi connectivity index (χ3v) is 3.45. The van der Waals surface area contributed by atoms with Gasteiger partial charge in [-0.3, -0.25) is 4.79 Å². The molecule has 1 heteroatoms. The van der Waals surface area contributed by atoms with E-state index in [4.69, 9.17) is 0 Å². The highest BCUT2D eigenvalue weighted by atomic mass is 16.1. The van der Waals surface area contributed by atoms with Gasteiger partial charge < -0.3 is 0 Å². The maximum absolute atomic E-state index is 11.6. The van der Waals surface area contributed by atoms with E-state index in [1.54, 1.807) is 0 Å². The smallest absolute Gasteiger partial charge is 0.133 e. The summed E-state index contributed by atoms with van der Waals surface area (Å²) in [6.45, 7) is 2.17. The lowest BCUT2D eigenvalue weighted by atomic mass is 10.0. The van der Waals surface area contributed by atoms with Crippen molar-refractivity contribution in [2.24, 2.45) is 0 Å². The van der Waals surface area contributed by atoms with Crippen LogP contribution in [0.4, 0.5) is 0 Å². The molecule has 1 aliphatic carbocycles. The van der Waals surface area contributed by atoms with E-state index in [9.17, 15) is 4.79 Å². The van der Waals surface area contributed by atoms with E-state index in [0.717, 1.165) is 25.7 Å². The Balaban J connectivity index is 2.33. The number of allylic oxidation sites excluding steroid dienone is 2. The third-order valence-electron chi connectivity index (χ3n) is 3.45. The Morgan fingerprint density at radius 2 is 1.44 bits per heavy atom. The van der Waals surface area contributed by atoms with Gasteiger partial charge in [0.1, 0.15) is 5.78 Å². The van der Waals surface area contributed by atoms with E-state index >= 15 is 0 Å². The van der Waals surface area contributed by atoms with Gasteiger partial charge in [-0.05, 0) is 32.6 Å². The summed E-state index contributed by atoms with van der Waals surface area (Å²) < 4.78 is 0. The third kappa shape index (κ3) is 6.81. The largest absolute Gasteiger partial charge is 0.300 e. The lowest BCUT2D eigenvalue weighted by Gasteiger charge is -2.05. The summed E-state index contributed by atoms with van der Waals surface area (Å²) >= 11 is 0. The van der Waals surface area contributed by atoms with E-state index in [1.165, 1.54) is 50.5 Å². The van der Waals surface area contributed by atoms with Crippen molar-refractivity contribution in [2.75, 3.05) is 0 Å². The molecule has 0 N–H and O–H groups in total. The fourth-order valence-electron chi connectivity index (χ4n) is 2.26. The second-order valence-corrected chi connectivity index (χ2v) is 5.10. The van der Waals surface area contributed by atoms with Gasteiger partial charge in [0.25, 0.3) is 0 Å². The Bertz CT molecular complexity index is 228. The summed E-state index contributed by atoms with van der Waals surface area (Å²) in [6, 6.07) is 0. The number of rotatable bonds is 0. The number of hydrogen-bond acceptors (Lipinski definition) is 1. The van der Waals surface area contributed by atoms with Crippen molar-refractivity contribution in [3.05, 3.63) is 11.6 Å². The SMILES string of the molecule is C/C1=C/CCCCCCCCCC(=O)CC1. The Hall–Kier alpha value is -0.590. The molecule has 1 aliphatic rings. The Labute approximate surface area is 100 Å². The Morgan fingerprint density at radius 1 is 0.812 bits per heavy atom. The summed E-state index contributed by atoms with van der Waals surface area (Å²) in [4.78, 5) is 11.6. The molecule has 0 aromatic heterocycles. The number of carbonyl (C=O) groups is 1. The number of hydrogen-bond donors (Lipinski definition) is 0. The molecule has 16 heavy (non-hydrogen) atoms. The maximum atomic E-state index is 11.6. The molecule has 0 saturated carbocycles. The van der Waals surface area contributed by atoms with Crippen LogP contribution in [0.1, 0.15) is 77.6 Å². The van der Waals surface area contributed by atoms with E-state index in [1.807, 2.05) is 0 Å². The van der Waals surface area contributed by atoms with E-state index in [0.29, 0.717) is 5.78 Å². The molecule has 0 aromatic rings. The molecule has 0 spiro atoms. The zero-order valence-electron chi connectivity index (χ0n) is 10.8. The van der Waals surface area contributed by atoms with Gasteiger partial charge in [0, 0.05) is 12.8 Å². The Morgan fingerprint density at radius 3 is 2.19 bits per heavy atom. The zero-order chi connectivity index (χ0) is 11.6. The molecule has 0 atom stereocenters. The molecule has 0 unspecified atom stereocenters. The molecular weight excluding hydrogens is 196 g/mol. The molecule has 92 valence electrons. The lowest BCUT2D eigenvalue weighted by molar-refractivity contribution is -0.119. The van der Waals surface area contributed by atoms with Crippen LogP contribution in [0.15, 0.2) is 11.6 Å². The van der Waals surface area contributed by atoms with Crippen LogP contribution in [0.2, 0.25) is 0 Å². The van der Waals surface area contributed by atoms with Crippen LogP contribution in [0.25, 0.3) is 0 Å². The molecule has 0 amide bonds. The number of ketones is 1. The summed E-state index contributed by atoms with van der Waals surface area (Å²) in [5, 5.41) is 0. The number of Topliss-reactive ketones (excluding diaryl/α,β-unsaturated/α-hetero) is 1. The standard InChI is InChI=1S/C15H26O/c1-14-10-8-6-4-2-3-5-7-9-11-15(16)13-12-14/h10H,2-9,11-13H2,1H3/b14-10-. The molecule has 0 saturated heterocycles. The minimum atomic E-state index is 0.463. The van der Waals surface area contributed by atoms with E-state index in [2.05, 4.69) is 13.0 Å². The minimum absolute atomic E-state index is 0.463. The molecule has 0 aliphatic heterocycles. The van der Waals surface area contributed by atoms with Crippen molar-refractivity contribution in [1.29, 1.82) is 0 Å². The average Bonchev–Trinajstić information content (AvgIpc) is 2.28. The van der Waals surface area contributed by atoms with Crippen molar-refractivity contribution in [3.63, 3.8) is 0 Å². The molecule has 0 radical (unpaired) electrons. The van der Waals surface area contributed by atoms with Crippen molar-refractivity contribution in [2.45, 2.75) is 77.6 Å². The van der Waals surface area contributed by atoms with Gasteiger partial charge in [0.05, 0.1) is 0 Å². The average molecular weight is 222 g/mol. The molecular formula is C15H26O. The highest BCUT2D eigenvalue weighted by Crippen LogP contribution is 2.14. The van der Waals surface area contributed by atoms with Gasteiger partial charge in [-0.25, -0.2) is 0 Å².